The zero-order valence-corrected chi connectivity index (χ0v) is 16.8. The van der Waals surface area contributed by atoms with Gasteiger partial charge in [0.15, 0.2) is 0 Å². The second kappa shape index (κ2) is 7.61. The number of halogens is 3. The average Bonchev–Trinajstić information content (AvgIpc) is 2.56. The van der Waals surface area contributed by atoms with Crippen molar-refractivity contribution in [3.05, 3.63) is 34.9 Å². The molecule has 6 nitrogen and oxygen atoms in total. The Bertz CT molecular complexity index is 837. The van der Waals surface area contributed by atoms with Gasteiger partial charge in [0.05, 0.1) is 5.57 Å². The lowest BCUT2D eigenvalue weighted by molar-refractivity contribution is -0.187. The van der Waals surface area contributed by atoms with E-state index in [0.717, 1.165) is 6.08 Å². The van der Waals surface area contributed by atoms with Gasteiger partial charge in [0.25, 0.3) is 0 Å². The van der Waals surface area contributed by atoms with Crippen molar-refractivity contribution in [1.82, 2.24) is 5.32 Å². The minimum absolute atomic E-state index is 0.0693. The number of alkyl halides is 3. The molecule has 1 unspecified atom stereocenters. The Morgan fingerprint density at radius 2 is 1.79 bits per heavy atom. The molecule has 29 heavy (non-hydrogen) atoms. The van der Waals surface area contributed by atoms with Crippen molar-refractivity contribution in [1.29, 1.82) is 0 Å². The number of fused-ring (bicyclic) bond motifs is 1. The topological polar surface area (TPSA) is 84.9 Å². The minimum atomic E-state index is -4.87. The van der Waals surface area contributed by atoms with Crippen LogP contribution in [0.3, 0.4) is 0 Å². The number of carbonyl (C=O) groups excluding carboxylic acids is 1. The average molecular weight is 415 g/mol. The van der Waals surface area contributed by atoms with Gasteiger partial charge in [-0.15, -0.1) is 0 Å². The van der Waals surface area contributed by atoms with Gasteiger partial charge in [-0.25, -0.2) is 9.59 Å². The van der Waals surface area contributed by atoms with Crippen LogP contribution in [0.5, 0.6) is 5.75 Å². The third-order valence-corrected chi connectivity index (χ3v) is 4.25. The van der Waals surface area contributed by atoms with Crippen LogP contribution in [0.25, 0.3) is 6.08 Å². The fourth-order valence-electron chi connectivity index (χ4n) is 2.74. The van der Waals surface area contributed by atoms with Crippen LogP contribution in [-0.2, 0) is 14.9 Å². The van der Waals surface area contributed by atoms with Crippen LogP contribution in [0.1, 0.15) is 45.7 Å². The maximum atomic E-state index is 13.2. The molecule has 0 saturated carbocycles. The van der Waals surface area contributed by atoms with Gasteiger partial charge in [-0.1, -0.05) is 26.0 Å². The third kappa shape index (κ3) is 5.65. The number of ether oxygens (including phenoxy) is 2. The summed E-state index contributed by atoms with van der Waals surface area (Å²) < 4.78 is 49.9. The van der Waals surface area contributed by atoms with E-state index >= 15 is 0 Å². The van der Waals surface area contributed by atoms with Gasteiger partial charge < -0.3 is 19.9 Å². The van der Waals surface area contributed by atoms with Gasteiger partial charge >= 0.3 is 18.2 Å². The van der Waals surface area contributed by atoms with Gasteiger partial charge in [0.1, 0.15) is 11.4 Å². The molecule has 1 aliphatic rings. The number of hydrogen-bond donors (Lipinski definition) is 2. The molecule has 0 bridgehead atoms. The summed E-state index contributed by atoms with van der Waals surface area (Å²) in [6, 6.07) is 4.58. The molecule has 9 heteroatoms. The van der Waals surface area contributed by atoms with E-state index in [9.17, 15) is 22.8 Å². The van der Waals surface area contributed by atoms with Gasteiger partial charge in [0, 0.05) is 17.5 Å². The minimum Gasteiger partial charge on any atom is -0.478 e. The highest BCUT2D eigenvalue weighted by Crippen LogP contribution is 2.39. The number of rotatable bonds is 4. The van der Waals surface area contributed by atoms with Crippen molar-refractivity contribution in [2.45, 2.75) is 57.9 Å². The van der Waals surface area contributed by atoms with E-state index in [-0.39, 0.29) is 17.9 Å². The Hall–Kier alpha value is -2.71. The Balaban J connectivity index is 2.26. The maximum absolute atomic E-state index is 13.2. The molecule has 0 radical (unpaired) electrons. The summed E-state index contributed by atoms with van der Waals surface area (Å²) in [6.07, 6.45) is -7.06. The molecule has 0 fully saturated rings. The SMILES string of the molecule is CC(C)(C)OC(=O)NCC(C)(C)c1ccc2c(c1)OC(C(F)(F)F)C(C(=O)O)=C2. The summed E-state index contributed by atoms with van der Waals surface area (Å²) >= 11 is 0. The van der Waals surface area contributed by atoms with Crippen molar-refractivity contribution in [3.8, 4) is 5.75 Å². The molecule has 1 aliphatic heterocycles. The molecular formula is C20H24F3NO5. The van der Waals surface area contributed by atoms with Crippen molar-refractivity contribution < 1.29 is 37.3 Å². The molecule has 1 aromatic carbocycles. The first-order chi connectivity index (χ1) is 13.1. The Morgan fingerprint density at radius 3 is 2.31 bits per heavy atom. The molecule has 0 spiro atoms. The number of hydrogen-bond acceptors (Lipinski definition) is 4. The fraction of sp³-hybridized carbons (Fsp3) is 0.500. The van der Waals surface area contributed by atoms with Crippen LogP contribution < -0.4 is 10.1 Å². The Morgan fingerprint density at radius 1 is 1.17 bits per heavy atom. The summed E-state index contributed by atoms with van der Waals surface area (Å²) in [5.41, 5.74) is -1.33. The molecule has 0 aromatic heterocycles. The van der Waals surface area contributed by atoms with Gasteiger partial charge in [-0.3, -0.25) is 0 Å². The monoisotopic (exact) mass is 415 g/mol. The number of alkyl carbamates (subject to hydrolysis) is 1. The molecule has 1 amide bonds. The van der Waals surface area contributed by atoms with Gasteiger partial charge in [-0.05, 0) is 38.5 Å². The number of benzene rings is 1. The first kappa shape index (κ1) is 22.6. The number of carboxylic acids is 1. The molecule has 1 aromatic rings. The number of aliphatic carboxylic acids is 1. The third-order valence-electron chi connectivity index (χ3n) is 4.25. The van der Waals surface area contributed by atoms with Crippen LogP contribution >= 0.6 is 0 Å². The molecule has 2 rings (SSSR count). The number of amides is 1. The van der Waals surface area contributed by atoms with E-state index in [4.69, 9.17) is 14.6 Å². The summed E-state index contributed by atoms with van der Waals surface area (Å²) in [6.45, 7) is 8.96. The van der Waals surface area contributed by atoms with E-state index < -0.39 is 40.9 Å². The largest absolute Gasteiger partial charge is 0.478 e. The maximum Gasteiger partial charge on any atom is 0.430 e. The second-order valence-electron chi connectivity index (χ2n) is 8.44. The van der Waals surface area contributed by atoms with Crippen LogP contribution in [-0.4, -0.2) is 41.6 Å². The highest BCUT2D eigenvalue weighted by Gasteiger charge is 2.48. The lowest BCUT2D eigenvalue weighted by atomic mass is 9.83. The van der Waals surface area contributed by atoms with Gasteiger partial charge in [-0.2, -0.15) is 13.2 Å². The Kier molecular flexibility index (Phi) is 5.92. The molecule has 1 atom stereocenters. The zero-order valence-electron chi connectivity index (χ0n) is 16.8. The van der Waals surface area contributed by atoms with E-state index in [0.29, 0.717) is 5.56 Å². The lowest BCUT2D eigenvalue weighted by Crippen LogP contribution is -2.41. The van der Waals surface area contributed by atoms with Crippen molar-refractivity contribution in [3.63, 3.8) is 0 Å². The number of carbonyl (C=O) groups is 2. The Labute approximate surface area is 166 Å². The first-order valence-electron chi connectivity index (χ1n) is 8.90. The molecule has 1 heterocycles. The summed E-state index contributed by atoms with van der Waals surface area (Å²) in [4.78, 5) is 23.1. The van der Waals surface area contributed by atoms with E-state index in [2.05, 4.69) is 5.32 Å². The summed E-state index contributed by atoms with van der Waals surface area (Å²) in [5, 5.41) is 11.7. The van der Waals surface area contributed by atoms with Crippen LogP contribution in [0.15, 0.2) is 23.8 Å². The first-order valence-corrected chi connectivity index (χ1v) is 8.90. The second-order valence-corrected chi connectivity index (χ2v) is 8.44. The number of carboxylic acid groups (broad SMARTS) is 1. The summed E-state index contributed by atoms with van der Waals surface area (Å²) in [5.74, 6) is -1.76. The van der Waals surface area contributed by atoms with Crippen LogP contribution in [0.2, 0.25) is 0 Å². The molecular weight excluding hydrogens is 391 g/mol. The van der Waals surface area contributed by atoms with E-state index in [1.165, 1.54) is 12.1 Å². The molecule has 160 valence electrons. The highest BCUT2D eigenvalue weighted by atomic mass is 19.4. The predicted molar refractivity (Wildman–Crippen MR) is 99.8 cm³/mol. The van der Waals surface area contributed by atoms with Crippen molar-refractivity contribution in [2.75, 3.05) is 6.54 Å². The highest BCUT2D eigenvalue weighted by molar-refractivity contribution is 5.95. The fourth-order valence-corrected chi connectivity index (χ4v) is 2.74. The normalized spacial score (nSPS) is 17.0. The van der Waals surface area contributed by atoms with Crippen molar-refractivity contribution in [2.24, 2.45) is 0 Å². The predicted octanol–water partition coefficient (Wildman–Crippen LogP) is 4.28. The molecule has 0 aliphatic carbocycles. The van der Waals surface area contributed by atoms with Crippen molar-refractivity contribution >= 4 is 18.1 Å². The summed E-state index contributed by atoms with van der Waals surface area (Å²) in [7, 11) is 0. The van der Waals surface area contributed by atoms with Crippen LogP contribution in [0.4, 0.5) is 18.0 Å². The smallest absolute Gasteiger partial charge is 0.430 e. The van der Waals surface area contributed by atoms with Gasteiger partial charge in [0.2, 0.25) is 6.10 Å². The quantitative estimate of drug-likeness (QED) is 0.767. The van der Waals surface area contributed by atoms with E-state index in [1.54, 1.807) is 40.7 Å². The molecule has 2 N–H and O–H groups in total. The van der Waals surface area contributed by atoms with Crippen LogP contribution in [0, 0.1) is 0 Å². The zero-order chi connectivity index (χ0) is 22.2. The number of nitrogens with one attached hydrogen (secondary N) is 1. The molecule has 0 saturated heterocycles. The van der Waals surface area contributed by atoms with E-state index in [1.807, 2.05) is 0 Å². The standard InChI is InChI=1S/C20H24F3NO5/c1-18(2,3)29-17(27)24-10-19(4,5)12-7-6-11-8-13(16(25)26)15(20(21,22)23)28-14(11)9-12/h6-9,15H,10H2,1-5H3,(H,24,27)(H,25,26). The lowest BCUT2D eigenvalue weighted by Gasteiger charge is -2.30.